The minimum atomic E-state index is 0.109. The summed E-state index contributed by atoms with van der Waals surface area (Å²) in [6, 6.07) is 0. The molecule has 0 saturated heterocycles. The Kier molecular flexibility index (Phi) is 3.93. The zero-order valence-electron chi connectivity index (χ0n) is 7.71. The predicted octanol–water partition coefficient (Wildman–Crippen LogP) is 2.99. The molecule has 0 radical (unpaired) electrons. The molecule has 0 aliphatic heterocycles. The van der Waals surface area contributed by atoms with E-state index in [0.29, 0.717) is 0 Å². The maximum absolute atomic E-state index is 11.8. The van der Waals surface area contributed by atoms with E-state index in [2.05, 4.69) is 15.9 Å². The van der Waals surface area contributed by atoms with Crippen molar-refractivity contribution < 1.29 is 4.79 Å². The van der Waals surface area contributed by atoms with E-state index in [1.165, 1.54) is 11.3 Å². The number of halogens is 1. The van der Waals surface area contributed by atoms with Gasteiger partial charge >= 0.3 is 0 Å². The Morgan fingerprint density at radius 3 is 2.46 bits per heavy atom. The van der Waals surface area contributed by atoms with Gasteiger partial charge in [0.1, 0.15) is 0 Å². The van der Waals surface area contributed by atoms with Gasteiger partial charge in [-0.25, -0.2) is 0 Å². The quantitative estimate of drug-likeness (QED) is 0.820. The molecule has 13 heavy (non-hydrogen) atoms. The van der Waals surface area contributed by atoms with Crippen LogP contribution in [0.4, 0.5) is 0 Å². The van der Waals surface area contributed by atoms with Gasteiger partial charge in [-0.1, -0.05) is 0 Å². The molecule has 0 aromatic carbocycles. The summed E-state index contributed by atoms with van der Waals surface area (Å²) in [6.45, 7) is 5.50. The van der Waals surface area contributed by atoms with Gasteiger partial charge in [0.05, 0.1) is 5.56 Å². The van der Waals surface area contributed by atoms with Gasteiger partial charge in [0.15, 0.2) is 0 Å². The maximum Gasteiger partial charge on any atom is 0.255 e. The van der Waals surface area contributed by atoms with Crippen LogP contribution in [0.15, 0.2) is 15.2 Å². The molecule has 0 bridgehead atoms. The number of thiophene rings is 1. The SMILES string of the molecule is CCN(CC)C(=O)c1cscc1Br. The molecule has 1 rings (SSSR count). The van der Waals surface area contributed by atoms with Gasteiger partial charge in [-0.05, 0) is 29.8 Å². The molecule has 1 aromatic heterocycles. The number of carbonyl (C=O) groups is 1. The maximum atomic E-state index is 11.8. The average molecular weight is 262 g/mol. The Morgan fingerprint density at radius 1 is 1.46 bits per heavy atom. The summed E-state index contributed by atoms with van der Waals surface area (Å²) in [6.07, 6.45) is 0. The van der Waals surface area contributed by atoms with Crippen LogP contribution in [-0.2, 0) is 0 Å². The van der Waals surface area contributed by atoms with Crippen LogP contribution in [0.5, 0.6) is 0 Å². The number of carbonyl (C=O) groups excluding carboxylic acids is 1. The van der Waals surface area contributed by atoms with Crippen LogP contribution in [0.25, 0.3) is 0 Å². The molecular formula is C9H12BrNOS. The number of rotatable bonds is 3. The summed E-state index contributed by atoms with van der Waals surface area (Å²) in [7, 11) is 0. The molecule has 0 aliphatic rings. The van der Waals surface area contributed by atoms with Gasteiger partial charge in [-0.15, -0.1) is 0 Å². The first-order valence-corrected chi connectivity index (χ1v) is 5.95. The first-order valence-electron chi connectivity index (χ1n) is 4.21. The van der Waals surface area contributed by atoms with Crippen molar-refractivity contribution in [2.45, 2.75) is 13.8 Å². The van der Waals surface area contributed by atoms with E-state index in [0.717, 1.165) is 23.1 Å². The van der Waals surface area contributed by atoms with Gasteiger partial charge in [-0.2, -0.15) is 11.3 Å². The zero-order valence-corrected chi connectivity index (χ0v) is 10.1. The molecule has 1 aromatic rings. The molecule has 72 valence electrons. The second kappa shape index (κ2) is 4.77. The molecule has 0 aliphatic carbocycles. The van der Waals surface area contributed by atoms with Crippen molar-refractivity contribution in [2.24, 2.45) is 0 Å². The molecular weight excluding hydrogens is 250 g/mol. The Hall–Kier alpha value is -0.350. The van der Waals surface area contributed by atoms with Crippen molar-refractivity contribution in [2.75, 3.05) is 13.1 Å². The summed E-state index contributed by atoms with van der Waals surface area (Å²) in [5.74, 6) is 0.109. The van der Waals surface area contributed by atoms with Gasteiger partial charge in [-0.3, -0.25) is 4.79 Å². The van der Waals surface area contributed by atoms with Gasteiger partial charge < -0.3 is 4.90 Å². The fourth-order valence-corrected chi connectivity index (χ4v) is 2.55. The molecule has 1 amide bonds. The van der Waals surface area contributed by atoms with Gasteiger partial charge in [0.25, 0.3) is 5.91 Å². The number of hydrogen-bond acceptors (Lipinski definition) is 2. The highest BCUT2D eigenvalue weighted by molar-refractivity contribution is 9.10. The lowest BCUT2D eigenvalue weighted by atomic mass is 10.3. The molecule has 0 atom stereocenters. The Labute approximate surface area is 90.7 Å². The van der Waals surface area contributed by atoms with Crippen molar-refractivity contribution in [3.05, 3.63) is 20.8 Å². The number of amides is 1. The topological polar surface area (TPSA) is 20.3 Å². The monoisotopic (exact) mass is 261 g/mol. The minimum Gasteiger partial charge on any atom is -0.339 e. The van der Waals surface area contributed by atoms with Crippen LogP contribution in [0.3, 0.4) is 0 Å². The van der Waals surface area contributed by atoms with Crippen LogP contribution in [-0.4, -0.2) is 23.9 Å². The van der Waals surface area contributed by atoms with E-state index in [1.54, 1.807) is 0 Å². The van der Waals surface area contributed by atoms with Gasteiger partial charge in [0, 0.05) is 28.3 Å². The van der Waals surface area contributed by atoms with E-state index in [4.69, 9.17) is 0 Å². The highest BCUT2D eigenvalue weighted by Crippen LogP contribution is 2.22. The lowest BCUT2D eigenvalue weighted by Gasteiger charge is -2.17. The van der Waals surface area contributed by atoms with Crippen LogP contribution >= 0.6 is 27.3 Å². The largest absolute Gasteiger partial charge is 0.339 e. The lowest BCUT2D eigenvalue weighted by Crippen LogP contribution is -2.30. The molecule has 0 N–H and O–H groups in total. The van der Waals surface area contributed by atoms with Crippen molar-refractivity contribution in [3.63, 3.8) is 0 Å². The highest BCUT2D eigenvalue weighted by Gasteiger charge is 2.15. The molecule has 2 nitrogen and oxygen atoms in total. The summed E-state index contributed by atoms with van der Waals surface area (Å²) in [4.78, 5) is 13.6. The Morgan fingerprint density at radius 2 is 2.08 bits per heavy atom. The third-order valence-electron chi connectivity index (χ3n) is 1.90. The number of nitrogens with zero attached hydrogens (tertiary/aromatic N) is 1. The van der Waals surface area contributed by atoms with Crippen molar-refractivity contribution >= 4 is 33.2 Å². The highest BCUT2D eigenvalue weighted by atomic mass is 79.9. The van der Waals surface area contributed by atoms with Crippen molar-refractivity contribution in [1.82, 2.24) is 4.90 Å². The van der Waals surface area contributed by atoms with Crippen LogP contribution in [0.1, 0.15) is 24.2 Å². The molecule has 0 unspecified atom stereocenters. The molecule has 4 heteroatoms. The van der Waals surface area contributed by atoms with Gasteiger partial charge in [0.2, 0.25) is 0 Å². The minimum absolute atomic E-state index is 0.109. The first-order chi connectivity index (χ1) is 6.20. The normalized spacial score (nSPS) is 10.1. The summed E-state index contributed by atoms with van der Waals surface area (Å²) < 4.78 is 0.898. The van der Waals surface area contributed by atoms with Crippen LogP contribution < -0.4 is 0 Å². The zero-order chi connectivity index (χ0) is 9.84. The smallest absolute Gasteiger partial charge is 0.255 e. The molecule has 0 saturated carbocycles. The molecule has 0 fully saturated rings. The second-order valence-electron chi connectivity index (χ2n) is 2.61. The standard InChI is InChI=1S/C9H12BrNOS/c1-3-11(4-2)9(12)7-5-13-6-8(7)10/h5-6H,3-4H2,1-2H3. The average Bonchev–Trinajstić information content (AvgIpc) is 2.53. The fraction of sp³-hybridized carbons (Fsp3) is 0.444. The number of hydrogen-bond donors (Lipinski definition) is 0. The predicted molar refractivity (Wildman–Crippen MR) is 59.3 cm³/mol. The van der Waals surface area contributed by atoms with E-state index in [-0.39, 0.29) is 5.91 Å². The first kappa shape index (κ1) is 10.7. The van der Waals surface area contributed by atoms with E-state index < -0.39 is 0 Å². The van der Waals surface area contributed by atoms with Crippen LogP contribution in [0, 0.1) is 0 Å². The van der Waals surface area contributed by atoms with E-state index >= 15 is 0 Å². The lowest BCUT2D eigenvalue weighted by molar-refractivity contribution is 0.0772. The molecule has 0 spiro atoms. The summed E-state index contributed by atoms with van der Waals surface area (Å²) >= 11 is 4.90. The van der Waals surface area contributed by atoms with Crippen molar-refractivity contribution in [1.29, 1.82) is 0 Å². The second-order valence-corrected chi connectivity index (χ2v) is 4.21. The van der Waals surface area contributed by atoms with E-state index in [9.17, 15) is 4.79 Å². The van der Waals surface area contributed by atoms with E-state index in [1.807, 2.05) is 29.5 Å². The third kappa shape index (κ3) is 2.31. The fourth-order valence-electron chi connectivity index (χ4n) is 1.12. The third-order valence-corrected chi connectivity index (χ3v) is 3.60. The summed E-state index contributed by atoms with van der Waals surface area (Å²) in [5, 5.41) is 3.81. The Bertz CT molecular complexity index is 294. The Balaban J connectivity index is 2.84. The van der Waals surface area contributed by atoms with Crippen molar-refractivity contribution in [3.8, 4) is 0 Å². The molecule has 1 heterocycles. The summed E-state index contributed by atoms with van der Waals surface area (Å²) in [5.41, 5.74) is 0.772. The van der Waals surface area contributed by atoms with Crippen LogP contribution in [0.2, 0.25) is 0 Å².